The van der Waals surface area contributed by atoms with E-state index in [-0.39, 0.29) is 18.0 Å². The molecule has 4 rings (SSSR count). The normalized spacial score (nSPS) is 12.4. The molecule has 4 aromatic rings. The minimum atomic E-state index is -0.914. The summed E-state index contributed by atoms with van der Waals surface area (Å²) in [4.78, 5) is 27.1. The summed E-state index contributed by atoms with van der Waals surface area (Å²) in [5.41, 5.74) is 3.17. The maximum Gasteiger partial charge on any atom is 0.203 e. The average Bonchev–Trinajstić information content (AvgIpc) is 2.89. The Labute approximate surface area is 206 Å². The number of hydrogen-bond acceptors (Lipinski definition) is 4. The zero-order valence-electron chi connectivity index (χ0n) is 19.9. The molecule has 0 spiro atoms. The van der Waals surface area contributed by atoms with Crippen molar-refractivity contribution < 1.29 is 19.1 Å². The monoisotopic (exact) mass is 464 g/mol. The zero-order valence-corrected chi connectivity index (χ0v) is 19.9. The highest BCUT2D eigenvalue weighted by Gasteiger charge is 2.32. The smallest absolute Gasteiger partial charge is 0.203 e. The van der Waals surface area contributed by atoms with Gasteiger partial charge in [-0.3, -0.25) is 9.59 Å². The molecule has 0 radical (unpaired) electrons. The van der Waals surface area contributed by atoms with Crippen molar-refractivity contribution in [3.63, 3.8) is 0 Å². The fourth-order valence-electron chi connectivity index (χ4n) is 3.75. The van der Waals surface area contributed by atoms with Crippen LogP contribution in [0.5, 0.6) is 11.5 Å². The fraction of sp³-hybridized carbons (Fsp3) is 0.161. The molecule has 176 valence electrons. The lowest BCUT2D eigenvalue weighted by atomic mass is 9.96. The highest BCUT2D eigenvalue weighted by atomic mass is 16.5. The Morgan fingerprint density at radius 3 is 1.23 bits per heavy atom. The predicted molar refractivity (Wildman–Crippen MR) is 137 cm³/mol. The first-order valence-electron chi connectivity index (χ1n) is 11.6. The van der Waals surface area contributed by atoms with Crippen LogP contribution in [0, 0.1) is 13.8 Å². The summed E-state index contributed by atoms with van der Waals surface area (Å²) < 4.78 is 12.3. The van der Waals surface area contributed by atoms with Gasteiger partial charge in [0.1, 0.15) is 11.5 Å². The van der Waals surface area contributed by atoms with Crippen LogP contribution in [0.2, 0.25) is 0 Å². The van der Waals surface area contributed by atoms with Crippen molar-refractivity contribution in [1.82, 2.24) is 0 Å². The van der Waals surface area contributed by atoms with Gasteiger partial charge in [-0.1, -0.05) is 96.1 Å². The first kappa shape index (κ1) is 24.0. The average molecular weight is 465 g/mol. The third-order valence-electron chi connectivity index (χ3n) is 5.73. The first-order chi connectivity index (χ1) is 17.0. The molecule has 4 nitrogen and oxygen atoms in total. The molecule has 0 amide bonds. The molecule has 35 heavy (non-hydrogen) atoms. The Hall–Kier alpha value is -4.18. The van der Waals surface area contributed by atoms with E-state index in [1.807, 2.05) is 74.5 Å². The molecule has 0 aliphatic carbocycles. The minimum Gasteiger partial charge on any atom is -0.482 e. The first-order valence-corrected chi connectivity index (χ1v) is 11.6. The van der Waals surface area contributed by atoms with Crippen LogP contribution < -0.4 is 9.47 Å². The van der Waals surface area contributed by atoms with Crippen LogP contribution in [-0.2, 0) is 0 Å². The molecule has 0 saturated carbocycles. The van der Waals surface area contributed by atoms with Gasteiger partial charge >= 0.3 is 0 Å². The van der Waals surface area contributed by atoms with Gasteiger partial charge in [-0.15, -0.1) is 0 Å². The Balaban J connectivity index is 1.67. The Kier molecular flexibility index (Phi) is 7.74. The van der Waals surface area contributed by atoms with E-state index >= 15 is 0 Å². The van der Waals surface area contributed by atoms with Crippen LogP contribution in [0.4, 0.5) is 0 Å². The van der Waals surface area contributed by atoms with Crippen molar-refractivity contribution in [2.45, 2.75) is 32.5 Å². The van der Waals surface area contributed by atoms with Crippen LogP contribution >= 0.6 is 0 Å². The number of ketones is 2. The second-order valence-electron chi connectivity index (χ2n) is 8.54. The van der Waals surface area contributed by atoms with Crippen molar-refractivity contribution >= 4 is 11.6 Å². The molecule has 4 aromatic carbocycles. The lowest BCUT2D eigenvalue weighted by Crippen LogP contribution is -2.38. The van der Waals surface area contributed by atoms with E-state index in [1.54, 1.807) is 48.5 Å². The van der Waals surface area contributed by atoms with E-state index in [1.165, 1.54) is 0 Å². The highest BCUT2D eigenvalue weighted by Crippen LogP contribution is 2.23. The van der Waals surface area contributed by atoms with Gasteiger partial charge < -0.3 is 9.47 Å². The van der Waals surface area contributed by atoms with Gasteiger partial charge in [0.25, 0.3) is 0 Å². The van der Waals surface area contributed by atoms with Crippen LogP contribution in [0.1, 0.15) is 38.3 Å². The molecule has 0 aliphatic heterocycles. The van der Waals surface area contributed by atoms with Crippen molar-refractivity contribution in [2.24, 2.45) is 0 Å². The van der Waals surface area contributed by atoms with Gasteiger partial charge in [0.2, 0.25) is 11.6 Å². The molecule has 2 atom stereocenters. The second kappa shape index (κ2) is 11.3. The molecule has 0 N–H and O–H groups in total. The van der Waals surface area contributed by atoms with Gasteiger partial charge in [-0.05, 0) is 38.1 Å². The summed E-state index contributed by atoms with van der Waals surface area (Å²) in [6.45, 7) is 3.94. The number of Topliss-reactive ketones (excluding diaryl/α,β-unsaturated/α-hetero) is 2. The van der Waals surface area contributed by atoms with Gasteiger partial charge in [0.05, 0.1) is 0 Å². The van der Waals surface area contributed by atoms with E-state index < -0.39 is 12.2 Å². The summed E-state index contributed by atoms with van der Waals surface area (Å²) in [5, 5.41) is 0. The number of hydrogen-bond donors (Lipinski definition) is 0. The molecule has 2 unspecified atom stereocenters. The number of carbonyl (C=O) groups excluding carboxylic acids is 2. The summed E-state index contributed by atoms with van der Waals surface area (Å²) >= 11 is 0. The number of carbonyl (C=O) groups is 2. The number of ether oxygens (including phenoxy) is 2. The van der Waals surface area contributed by atoms with Crippen molar-refractivity contribution in [1.29, 1.82) is 0 Å². The number of benzene rings is 4. The third-order valence-corrected chi connectivity index (χ3v) is 5.73. The summed E-state index contributed by atoms with van der Waals surface area (Å²) in [5.74, 6) is 0.706. The largest absolute Gasteiger partial charge is 0.482 e. The molecule has 0 saturated heterocycles. The molecule has 0 aliphatic rings. The molecule has 0 bridgehead atoms. The van der Waals surface area contributed by atoms with E-state index in [0.29, 0.717) is 22.6 Å². The van der Waals surface area contributed by atoms with E-state index in [2.05, 4.69) is 0 Å². The zero-order chi connectivity index (χ0) is 24.6. The number of rotatable bonds is 10. The van der Waals surface area contributed by atoms with E-state index in [9.17, 15) is 9.59 Å². The van der Waals surface area contributed by atoms with Crippen LogP contribution in [0.3, 0.4) is 0 Å². The summed E-state index contributed by atoms with van der Waals surface area (Å²) in [7, 11) is 0. The summed E-state index contributed by atoms with van der Waals surface area (Å²) in [6.07, 6.45) is -1.77. The quantitative estimate of drug-likeness (QED) is 0.246. The van der Waals surface area contributed by atoms with Gasteiger partial charge in [0, 0.05) is 17.5 Å². The molecule has 0 fully saturated rings. The Bertz CT molecular complexity index is 1150. The maximum absolute atomic E-state index is 13.6. The van der Waals surface area contributed by atoms with E-state index in [0.717, 1.165) is 11.1 Å². The predicted octanol–water partition coefficient (Wildman–Crippen LogP) is 6.65. The van der Waals surface area contributed by atoms with Crippen molar-refractivity contribution in [3.8, 4) is 11.5 Å². The molecular weight excluding hydrogens is 436 g/mol. The van der Waals surface area contributed by atoms with Gasteiger partial charge in [-0.2, -0.15) is 0 Å². The summed E-state index contributed by atoms with van der Waals surface area (Å²) in [6, 6.07) is 33.0. The molecular formula is C31H28O4. The topological polar surface area (TPSA) is 52.6 Å². The van der Waals surface area contributed by atoms with Gasteiger partial charge in [0.15, 0.2) is 12.2 Å². The Morgan fingerprint density at radius 1 is 0.543 bits per heavy atom. The van der Waals surface area contributed by atoms with Crippen LogP contribution in [-0.4, -0.2) is 23.8 Å². The fourth-order valence-corrected chi connectivity index (χ4v) is 3.75. The van der Waals surface area contributed by atoms with Crippen molar-refractivity contribution in [2.75, 3.05) is 0 Å². The van der Waals surface area contributed by atoms with Crippen molar-refractivity contribution in [3.05, 3.63) is 131 Å². The van der Waals surface area contributed by atoms with Gasteiger partial charge in [-0.25, -0.2) is 0 Å². The third kappa shape index (κ3) is 6.45. The molecule has 0 heterocycles. The lowest BCUT2D eigenvalue weighted by molar-refractivity contribution is 0.0588. The molecule has 0 aromatic heterocycles. The number of para-hydroxylation sites is 2. The Morgan fingerprint density at radius 2 is 0.886 bits per heavy atom. The minimum absolute atomic E-state index is 0.0587. The maximum atomic E-state index is 13.6. The second-order valence-corrected chi connectivity index (χ2v) is 8.54. The lowest BCUT2D eigenvalue weighted by Gasteiger charge is -2.24. The standard InChI is InChI=1S/C31H28O4/c1-22-13-17-24(18-14-22)30(32)28(34-26-9-5-3-6-10-26)21-29(35-27-11-7-4-8-12-27)31(33)25-19-15-23(2)16-20-25/h3-20,28-29H,21H2,1-2H3. The number of aryl methyl sites for hydroxylation is 2. The highest BCUT2D eigenvalue weighted by molar-refractivity contribution is 6.02. The SMILES string of the molecule is Cc1ccc(C(=O)C(CC(Oc2ccccc2)C(=O)c2ccc(C)cc2)Oc2ccccc2)cc1. The van der Waals surface area contributed by atoms with E-state index in [4.69, 9.17) is 9.47 Å². The van der Waals surface area contributed by atoms with Crippen LogP contribution in [0.25, 0.3) is 0 Å². The molecule has 4 heteroatoms. The van der Waals surface area contributed by atoms with Crippen LogP contribution in [0.15, 0.2) is 109 Å².